The summed E-state index contributed by atoms with van der Waals surface area (Å²) in [5, 5.41) is 10.8. The number of hydrogen-bond donors (Lipinski definition) is 1. The summed E-state index contributed by atoms with van der Waals surface area (Å²) in [7, 11) is 1.46. The number of phenolic OH excluding ortho intramolecular Hbond substituents is 1. The van der Waals surface area contributed by atoms with Gasteiger partial charge in [-0.1, -0.05) is 0 Å². The Labute approximate surface area is 101 Å². The molecule has 0 spiro atoms. The Hall–Kier alpha value is -2.43. The third-order valence-electron chi connectivity index (χ3n) is 2.84. The van der Waals surface area contributed by atoms with E-state index in [2.05, 4.69) is 0 Å². The van der Waals surface area contributed by atoms with Crippen molar-refractivity contribution in [2.24, 2.45) is 0 Å². The standard InChI is InChI=1S/C13H10O5/c1-6-5-8(14)9-11(16-2)7-3-4-17-12(7)10(15)13(9)18-6/h3-5,15H,1-2H3. The van der Waals surface area contributed by atoms with E-state index < -0.39 is 0 Å². The first kappa shape index (κ1) is 10.7. The van der Waals surface area contributed by atoms with E-state index in [-0.39, 0.29) is 27.7 Å². The van der Waals surface area contributed by atoms with E-state index in [1.165, 1.54) is 19.4 Å². The Morgan fingerprint density at radius 2 is 2.11 bits per heavy atom. The van der Waals surface area contributed by atoms with Gasteiger partial charge in [0.15, 0.2) is 16.6 Å². The Kier molecular flexibility index (Phi) is 2.10. The molecule has 0 fully saturated rings. The van der Waals surface area contributed by atoms with Gasteiger partial charge in [0.1, 0.15) is 16.9 Å². The van der Waals surface area contributed by atoms with Crippen LogP contribution in [0.25, 0.3) is 21.9 Å². The molecule has 0 aliphatic carbocycles. The van der Waals surface area contributed by atoms with Crippen molar-refractivity contribution >= 4 is 21.9 Å². The molecule has 0 aliphatic heterocycles. The lowest BCUT2D eigenvalue weighted by atomic mass is 10.1. The van der Waals surface area contributed by atoms with Gasteiger partial charge in [0.05, 0.1) is 18.8 Å². The van der Waals surface area contributed by atoms with Gasteiger partial charge >= 0.3 is 0 Å². The van der Waals surface area contributed by atoms with Crippen LogP contribution >= 0.6 is 0 Å². The molecule has 3 aromatic rings. The van der Waals surface area contributed by atoms with Crippen molar-refractivity contribution in [1.82, 2.24) is 0 Å². The van der Waals surface area contributed by atoms with Crippen LogP contribution < -0.4 is 10.2 Å². The number of aromatic hydroxyl groups is 1. The number of benzene rings is 1. The van der Waals surface area contributed by atoms with Crippen molar-refractivity contribution in [3.8, 4) is 11.5 Å². The van der Waals surface area contributed by atoms with Crippen LogP contribution in [0.4, 0.5) is 0 Å². The summed E-state index contributed by atoms with van der Waals surface area (Å²) in [6.45, 7) is 1.64. The van der Waals surface area contributed by atoms with Gasteiger partial charge in [0.25, 0.3) is 0 Å². The summed E-state index contributed by atoms with van der Waals surface area (Å²) in [6.07, 6.45) is 1.42. The van der Waals surface area contributed by atoms with Crippen molar-refractivity contribution in [2.75, 3.05) is 7.11 Å². The van der Waals surface area contributed by atoms with Gasteiger partial charge in [0, 0.05) is 6.07 Å². The van der Waals surface area contributed by atoms with E-state index in [0.29, 0.717) is 16.9 Å². The summed E-state index contributed by atoms with van der Waals surface area (Å²) < 4.78 is 15.8. The average molecular weight is 246 g/mol. The van der Waals surface area contributed by atoms with E-state index in [1.54, 1.807) is 13.0 Å². The topological polar surface area (TPSA) is 72.8 Å². The van der Waals surface area contributed by atoms with Gasteiger partial charge in [-0.3, -0.25) is 4.79 Å². The highest BCUT2D eigenvalue weighted by Gasteiger charge is 2.20. The van der Waals surface area contributed by atoms with Crippen molar-refractivity contribution in [3.05, 3.63) is 34.4 Å². The van der Waals surface area contributed by atoms with Crippen molar-refractivity contribution in [2.45, 2.75) is 6.92 Å². The number of ether oxygens (including phenoxy) is 1. The number of hydrogen-bond acceptors (Lipinski definition) is 5. The van der Waals surface area contributed by atoms with Crippen molar-refractivity contribution in [3.63, 3.8) is 0 Å². The van der Waals surface area contributed by atoms with Crippen LogP contribution in [0.1, 0.15) is 5.76 Å². The molecule has 5 nitrogen and oxygen atoms in total. The molecule has 0 atom stereocenters. The van der Waals surface area contributed by atoms with Crippen molar-refractivity contribution in [1.29, 1.82) is 0 Å². The van der Waals surface area contributed by atoms with Gasteiger partial charge < -0.3 is 18.7 Å². The van der Waals surface area contributed by atoms with Crippen LogP contribution in [-0.4, -0.2) is 12.2 Å². The van der Waals surface area contributed by atoms with Crippen LogP contribution in [-0.2, 0) is 0 Å². The van der Waals surface area contributed by atoms with Gasteiger partial charge in [-0.05, 0) is 13.0 Å². The lowest BCUT2D eigenvalue weighted by Gasteiger charge is -2.07. The zero-order valence-corrected chi connectivity index (χ0v) is 9.81. The molecule has 2 aromatic heterocycles. The first-order chi connectivity index (χ1) is 8.63. The molecular weight excluding hydrogens is 236 g/mol. The normalized spacial score (nSPS) is 11.2. The molecule has 0 saturated heterocycles. The Balaban J connectivity index is 2.70. The van der Waals surface area contributed by atoms with Crippen LogP contribution in [0.15, 0.2) is 32.0 Å². The van der Waals surface area contributed by atoms with Gasteiger partial charge in [-0.2, -0.15) is 0 Å². The molecule has 3 rings (SSSR count). The molecular formula is C13H10O5. The van der Waals surface area contributed by atoms with Crippen LogP contribution in [0.3, 0.4) is 0 Å². The van der Waals surface area contributed by atoms with Crippen LogP contribution in [0.5, 0.6) is 11.5 Å². The summed E-state index contributed by atoms with van der Waals surface area (Å²) in [4.78, 5) is 12.0. The Morgan fingerprint density at radius 1 is 1.33 bits per heavy atom. The zero-order valence-electron chi connectivity index (χ0n) is 9.81. The molecule has 0 unspecified atom stereocenters. The fraction of sp³-hybridized carbons (Fsp3) is 0.154. The zero-order chi connectivity index (χ0) is 12.9. The minimum Gasteiger partial charge on any atom is -0.502 e. The minimum atomic E-state index is -0.260. The number of rotatable bonds is 1. The number of furan rings is 1. The predicted molar refractivity (Wildman–Crippen MR) is 65.2 cm³/mol. The second-order valence-electron chi connectivity index (χ2n) is 3.97. The third kappa shape index (κ3) is 1.24. The molecule has 18 heavy (non-hydrogen) atoms. The quantitative estimate of drug-likeness (QED) is 0.714. The molecule has 92 valence electrons. The van der Waals surface area contributed by atoms with Gasteiger partial charge in [0.2, 0.25) is 5.75 Å². The van der Waals surface area contributed by atoms with Crippen LogP contribution in [0, 0.1) is 6.92 Å². The molecule has 1 aromatic carbocycles. The highest BCUT2D eigenvalue weighted by atomic mass is 16.5. The summed E-state index contributed by atoms with van der Waals surface area (Å²) >= 11 is 0. The molecule has 0 amide bonds. The lowest BCUT2D eigenvalue weighted by Crippen LogP contribution is -2.03. The minimum absolute atomic E-state index is 0.0827. The van der Waals surface area contributed by atoms with E-state index in [4.69, 9.17) is 13.6 Å². The van der Waals surface area contributed by atoms with E-state index in [0.717, 1.165) is 0 Å². The van der Waals surface area contributed by atoms with Gasteiger partial charge in [-0.25, -0.2) is 0 Å². The second kappa shape index (κ2) is 3.53. The molecule has 0 radical (unpaired) electrons. The van der Waals surface area contributed by atoms with Crippen molar-refractivity contribution < 1.29 is 18.7 Å². The molecule has 2 heterocycles. The third-order valence-corrected chi connectivity index (χ3v) is 2.84. The molecule has 0 aliphatic rings. The van der Waals surface area contributed by atoms with E-state index in [1.807, 2.05) is 0 Å². The molecule has 0 saturated carbocycles. The largest absolute Gasteiger partial charge is 0.502 e. The first-order valence-corrected chi connectivity index (χ1v) is 5.34. The Morgan fingerprint density at radius 3 is 2.83 bits per heavy atom. The SMILES string of the molecule is COc1c2ccoc2c(O)c2oc(C)cc(=O)c12. The smallest absolute Gasteiger partial charge is 0.203 e. The summed E-state index contributed by atoms with van der Waals surface area (Å²) in [5.74, 6) is 0.572. The fourth-order valence-corrected chi connectivity index (χ4v) is 2.11. The average Bonchev–Trinajstić information content (AvgIpc) is 2.80. The fourth-order valence-electron chi connectivity index (χ4n) is 2.11. The van der Waals surface area contributed by atoms with Crippen LogP contribution in [0.2, 0.25) is 0 Å². The highest BCUT2D eigenvalue weighted by Crippen LogP contribution is 2.41. The molecule has 0 bridgehead atoms. The number of aryl methyl sites for hydroxylation is 1. The lowest BCUT2D eigenvalue weighted by molar-refractivity contribution is 0.418. The van der Waals surface area contributed by atoms with Gasteiger partial charge in [-0.15, -0.1) is 0 Å². The summed E-state index contributed by atoms with van der Waals surface area (Å²) in [6, 6.07) is 2.99. The number of fused-ring (bicyclic) bond motifs is 2. The monoisotopic (exact) mass is 246 g/mol. The maximum atomic E-state index is 12.0. The number of phenols is 1. The second-order valence-corrected chi connectivity index (χ2v) is 3.97. The highest BCUT2D eigenvalue weighted by molar-refractivity contribution is 6.06. The first-order valence-electron chi connectivity index (χ1n) is 5.34. The van der Waals surface area contributed by atoms with E-state index >= 15 is 0 Å². The summed E-state index contributed by atoms with van der Waals surface area (Å²) in [5.41, 5.74) is 0.0661. The number of methoxy groups -OCH3 is 1. The predicted octanol–water partition coefficient (Wildman–Crippen LogP) is 2.56. The maximum absolute atomic E-state index is 12.0. The molecule has 1 N–H and O–H groups in total. The Bertz CT molecular complexity index is 809. The van der Waals surface area contributed by atoms with E-state index in [9.17, 15) is 9.90 Å². The maximum Gasteiger partial charge on any atom is 0.203 e. The molecule has 5 heteroatoms.